The molecule has 4 N–H and O–H groups in total. The molecule has 0 saturated carbocycles. The molecule has 1 heterocycles. The van der Waals surface area contributed by atoms with Crippen molar-refractivity contribution in [1.29, 1.82) is 0 Å². The summed E-state index contributed by atoms with van der Waals surface area (Å²) in [5, 5.41) is 0. The highest BCUT2D eigenvalue weighted by atomic mass is 19.3. The van der Waals surface area contributed by atoms with Gasteiger partial charge in [-0.1, -0.05) is 0 Å². The molecule has 0 aromatic carbocycles. The summed E-state index contributed by atoms with van der Waals surface area (Å²) in [7, 11) is 0. The Kier molecular flexibility index (Phi) is 3.08. The lowest BCUT2D eigenvalue weighted by atomic mass is 10.2. The first-order valence-corrected chi connectivity index (χ1v) is 3.83. The van der Waals surface area contributed by atoms with Crippen LogP contribution >= 0.6 is 0 Å². The summed E-state index contributed by atoms with van der Waals surface area (Å²) in [5.74, 6) is -0.845. The predicted octanol–water partition coefficient (Wildman–Crippen LogP) is 0.577. The van der Waals surface area contributed by atoms with Crippen LogP contribution in [0.15, 0.2) is 12.1 Å². The number of rotatable bonds is 3. The van der Waals surface area contributed by atoms with Crippen LogP contribution in [0.5, 0.6) is 0 Å². The van der Waals surface area contributed by atoms with Crippen molar-refractivity contribution in [3.63, 3.8) is 0 Å². The molecule has 1 rings (SSSR count). The minimum atomic E-state index is -2.67. The summed E-state index contributed by atoms with van der Waals surface area (Å²) in [6, 6.07) is 2.11. The van der Waals surface area contributed by atoms with E-state index in [-0.39, 0.29) is 23.5 Å². The van der Waals surface area contributed by atoms with Crippen molar-refractivity contribution >= 4 is 5.91 Å². The Morgan fingerprint density at radius 3 is 2.57 bits per heavy atom. The van der Waals surface area contributed by atoms with Crippen molar-refractivity contribution in [2.75, 3.05) is 0 Å². The molecular weight excluding hydrogens is 192 g/mol. The van der Waals surface area contributed by atoms with Crippen LogP contribution in [-0.4, -0.2) is 10.9 Å². The number of amides is 1. The lowest BCUT2D eigenvalue weighted by Crippen LogP contribution is -2.15. The first-order valence-electron chi connectivity index (χ1n) is 3.83. The maximum absolute atomic E-state index is 12.3. The van der Waals surface area contributed by atoms with Gasteiger partial charge in [0.25, 0.3) is 12.3 Å². The Balaban J connectivity index is 3.20. The highest BCUT2D eigenvalue weighted by molar-refractivity contribution is 5.90. The number of nitrogens with zero attached hydrogens (tertiary/aromatic N) is 1. The van der Waals surface area contributed by atoms with Crippen LogP contribution in [0.2, 0.25) is 0 Å². The average molecular weight is 201 g/mol. The first-order chi connectivity index (χ1) is 6.54. The molecule has 1 aromatic rings. The quantitative estimate of drug-likeness (QED) is 0.750. The lowest BCUT2D eigenvalue weighted by Gasteiger charge is -2.04. The fourth-order valence-corrected chi connectivity index (χ4v) is 0.968. The van der Waals surface area contributed by atoms with E-state index in [9.17, 15) is 13.6 Å². The maximum Gasteiger partial charge on any atom is 0.267 e. The third-order valence-corrected chi connectivity index (χ3v) is 1.61. The fourth-order valence-electron chi connectivity index (χ4n) is 0.968. The fraction of sp³-hybridized carbons (Fsp3) is 0.250. The van der Waals surface area contributed by atoms with E-state index in [1.54, 1.807) is 0 Å². The molecule has 0 fully saturated rings. The van der Waals surface area contributed by atoms with Crippen LogP contribution in [0.25, 0.3) is 0 Å². The van der Waals surface area contributed by atoms with Crippen molar-refractivity contribution in [3.05, 3.63) is 29.1 Å². The van der Waals surface area contributed by atoms with Gasteiger partial charge in [-0.15, -0.1) is 0 Å². The summed E-state index contributed by atoms with van der Waals surface area (Å²) in [6.07, 6.45) is -2.67. The van der Waals surface area contributed by atoms with Crippen molar-refractivity contribution < 1.29 is 13.6 Å². The molecule has 0 radical (unpaired) electrons. The number of hydrogen-bond donors (Lipinski definition) is 2. The van der Waals surface area contributed by atoms with E-state index >= 15 is 0 Å². The smallest absolute Gasteiger partial charge is 0.267 e. The second kappa shape index (κ2) is 4.10. The molecule has 6 heteroatoms. The molecule has 0 unspecified atom stereocenters. The summed E-state index contributed by atoms with van der Waals surface area (Å²) < 4.78 is 24.6. The molecular formula is C8H9F2N3O. The van der Waals surface area contributed by atoms with Crippen LogP contribution in [0, 0.1) is 0 Å². The largest absolute Gasteiger partial charge is 0.364 e. The second-order valence-corrected chi connectivity index (χ2v) is 2.65. The standard InChI is InChI=1S/C8H9F2N3O/c9-7(10)4-1-5(3-11)13-6(2-4)8(12)14/h1-2,7H,3,11H2,(H2,12,14). The Labute approximate surface area is 78.9 Å². The second-order valence-electron chi connectivity index (χ2n) is 2.65. The Morgan fingerprint density at radius 1 is 1.50 bits per heavy atom. The zero-order chi connectivity index (χ0) is 10.7. The monoisotopic (exact) mass is 201 g/mol. The number of nitrogens with two attached hydrogens (primary N) is 2. The molecule has 0 spiro atoms. The van der Waals surface area contributed by atoms with Crippen molar-refractivity contribution in [2.45, 2.75) is 13.0 Å². The molecule has 0 aliphatic heterocycles. The molecule has 14 heavy (non-hydrogen) atoms. The van der Waals surface area contributed by atoms with Gasteiger partial charge in [0.15, 0.2) is 0 Å². The van der Waals surface area contributed by atoms with Gasteiger partial charge in [-0.3, -0.25) is 4.79 Å². The number of pyridine rings is 1. The number of hydrogen-bond acceptors (Lipinski definition) is 3. The van der Waals surface area contributed by atoms with E-state index < -0.39 is 12.3 Å². The topological polar surface area (TPSA) is 82.0 Å². The van der Waals surface area contributed by atoms with Crippen molar-refractivity contribution in [2.24, 2.45) is 11.5 Å². The summed E-state index contributed by atoms with van der Waals surface area (Å²) in [6.45, 7) is -0.0131. The SMILES string of the molecule is NCc1cc(C(F)F)cc(C(N)=O)n1. The molecule has 1 aromatic heterocycles. The van der Waals surface area contributed by atoms with Crippen LogP contribution < -0.4 is 11.5 Å². The molecule has 4 nitrogen and oxygen atoms in total. The molecule has 1 amide bonds. The normalized spacial score (nSPS) is 10.6. The van der Waals surface area contributed by atoms with Crippen molar-refractivity contribution in [3.8, 4) is 0 Å². The van der Waals surface area contributed by atoms with E-state index in [4.69, 9.17) is 11.5 Å². The van der Waals surface area contributed by atoms with E-state index in [2.05, 4.69) is 4.98 Å². The van der Waals surface area contributed by atoms with Gasteiger partial charge in [0.1, 0.15) is 5.69 Å². The number of primary amides is 1. The number of alkyl halides is 2. The van der Waals surface area contributed by atoms with E-state index in [1.165, 1.54) is 0 Å². The van der Waals surface area contributed by atoms with Gasteiger partial charge in [-0.05, 0) is 12.1 Å². The zero-order valence-corrected chi connectivity index (χ0v) is 7.21. The van der Waals surface area contributed by atoms with Crippen LogP contribution in [-0.2, 0) is 6.54 Å². The van der Waals surface area contributed by atoms with Crippen LogP contribution in [0.3, 0.4) is 0 Å². The highest BCUT2D eigenvalue weighted by Crippen LogP contribution is 2.19. The lowest BCUT2D eigenvalue weighted by molar-refractivity contribution is 0.0994. The Morgan fingerprint density at radius 2 is 2.14 bits per heavy atom. The van der Waals surface area contributed by atoms with Gasteiger partial charge >= 0.3 is 0 Å². The molecule has 0 aliphatic carbocycles. The number of halogens is 2. The van der Waals surface area contributed by atoms with Crippen molar-refractivity contribution in [1.82, 2.24) is 4.98 Å². The van der Waals surface area contributed by atoms with Gasteiger partial charge in [0, 0.05) is 12.1 Å². The van der Waals surface area contributed by atoms with Gasteiger partial charge in [-0.2, -0.15) is 0 Å². The summed E-state index contributed by atoms with van der Waals surface area (Å²) in [5.41, 5.74) is 9.88. The van der Waals surface area contributed by atoms with E-state index in [0.29, 0.717) is 0 Å². The average Bonchev–Trinajstić information content (AvgIpc) is 2.16. The Hall–Kier alpha value is -1.56. The predicted molar refractivity (Wildman–Crippen MR) is 45.6 cm³/mol. The molecule has 76 valence electrons. The minimum absolute atomic E-state index is 0.0131. The van der Waals surface area contributed by atoms with Gasteiger partial charge in [-0.25, -0.2) is 13.8 Å². The summed E-state index contributed by atoms with van der Waals surface area (Å²) in [4.78, 5) is 14.4. The van der Waals surface area contributed by atoms with Crippen LogP contribution in [0.4, 0.5) is 8.78 Å². The zero-order valence-electron chi connectivity index (χ0n) is 7.21. The van der Waals surface area contributed by atoms with Crippen LogP contribution in [0.1, 0.15) is 28.2 Å². The van der Waals surface area contributed by atoms with E-state index in [0.717, 1.165) is 12.1 Å². The summed E-state index contributed by atoms with van der Waals surface area (Å²) >= 11 is 0. The third-order valence-electron chi connectivity index (χ3n) is 1.61. The maximum atomic E-state index is 12.3. The van der Waals surface area contributed by atoms with Gasteiger partial charge < -0.3 is 11.5 Å². The van der Waals surface area contributed by atoms with Gasteiger partial charge in [0.2, 0.25) is 0 Å². The molecule has 0 bridgehead atoms. The number of carbonyl (C=O) groups excluding carboxylic acids is 1. The number of aromatic nitrogens is 1. The molecule has 0 atom stereocenters. The first kappa shape index (κ1) is 10.5. The highest BCUT2D eigenvalue weighted by Gasteiger charge is 2.12. The number of carbonyl (C=O) groups is 1. The van der Waals surface area contributed by atoms with Gasteiger partial charge in [0.05, 0.1) is 5.69 Å². The molecule has 0 aliphatic rings. The third kappa shape index (κ3) is 2.23. The minimum Gasteiger partial charge on any atom is -0.364 e. The molecule has 0 saturated heterocycles. The Bertz CT molecular complexity index is 354. The van der Waals surface area contributed by atoms with E-state index in [1.807, 2.05) is 0 Å².